The highest BCUT2D eigenvalue weighted by molar-refractivity contribution is 7.12. The molecule has 0 fully saturated rings. The van der Waals surface area contributed by atoms with Gasteiger partial charge in [0.2, 0.25) is 5.78 Å². The Labute approximate surface area is 150 Å². The zero-order valence-corrected chi connectivity index (χ0v) is 15.5. The number of aryl methyl sites for hydroxylation is 1. The Balaban J connectivity index is 1.98. The van der Waals surface area contributed by atoms with Gasteiger partial charge in [-0.05, 0) is 51.3 Å². The Morgan fingerprint density at radius 2 is 2.12 bits per heavy atom. The Bertz CT molecular complexity index is 790. The van der Waals surface area contributed by atoms with Crippen molar-refractivity contribution in [3.8, 4) is 0 Å². The van der Waals surface area contributed by atoms with Crippen molar-refractivity contribution < 1.29 is 14.3 Å². The molecule has 0 amide bonds. The summed E-state index contributed by atoms with van der Waals surface area (Å²) in [7, 11) is 0. The lowest BCUT2D eigenvalue weighted by molar-refractivity contribution is -0.149. The molecule has 0 saturated heterocycles. The Morgan fingerprint density at radius 1 is 1.38 bits per heavy atom. The van der Waals surface area contributed by atoms with Crippen LogP contribution in [-0.2, 0) is 16.1 Å². The van der Waals surface area contributed by atoms with Gasteiger partial charge in [0, 0.05) is 17.6 Å². The number of fused-ring (bicyclic) bond motifs is 1. The number of ether oxygens (including phenoxy) is 1. The third-order valence-electron chi connectivity index (χ3n) is 4.19. The van der Waals surface area contributed by atoms with E-state index in [2.05, 4.69) is 0 Å². The summed E-state index contributed by atoms with van der Waals surface area (Å²) in [5.41, 5.74) is 2.43. The smallest absolute Gasteiger partial charge is 0.315 e. The van der Waals surface area contributed by atoms with Crippen molar-refractivity contribution in [2.45, 2.75) is 52.2 Å². The summed E-state index contributed by atoms with van der Waals surface area (Å²) < 4.78 is 7.38. The summed E-state index contributed by atoms with van der Waals surface area (Å²) in [5, 5.41) is 2.33. The molecule has 1 aliphatic heterocycles. The van der Waals surface area contributed by atoms with Crippen molar-refractivity contribution in [3.63, 3.8) is 0 Å². The maximum atomic E-state index is 12.9. The first-order valence-corrected chi connectivity index (χ1v) is 9.33. The molecule has 0 N–H and O–H groups in total. The number of aromatic nitrogens is 1. The third-order valence-corrected chi connectivity index (χ3v) is 5.47. The van der Waals surface area contributed by atoms with E-state index in [4.69, 9.17) is 16.3 Å². The van der Waals surface area contributed by atoms with Gasteiger partial charge in [-0.1, -0.05) is 11.6 Å². The summed E-state index contributed by atoms with van der Waals surface area (Å²) >= 11 is 7.30. The fourth-order valence-electron chi connectivity index (χ4n) is 3.24. The number of hydrogen-bond donors (Lipinski definition) is 0. The van der Waals surface area contributed by atoms with E-state index in [-0.39, 0.29) is 23.8 Å². The van der Waals surface area contributed by atoms with E-state index in [0.717, 1.165) is 30.6 Å². The lowest BCUT2D eigenvalue weighted by atomic mass is 9.96. The highest BCUT2D eigenvalue weighted by Crippen LogP contribution is 2.34. The van der Waals surface area contributed by atoms with Crippen LogP contribution in [0.25, 0.3) is 0 Å². The molecular weight excluding hydrogens is 346 g/mol. The average Bonchev–Trinajstić information content (AvgIpc) is 3.08. The van der Waals surface area contributed by atoms with Crippen LogP contribution in [0.15, 0.2) is 17.5 Å². The molecule has 0 bridgehead atoms. The Morgan fingerprint density at radius 3 is 2.75 bits per heavy atom. The molecule has 4 nitrogen and oxygen atoms in total. The van der Waals surface area contributed by atoms with Crippen LogP contribution in [0, 0.1) is 6.92 Å². The molecule has 0 saturated carbocycles. The zero-order chi connectivity index (χ0) is 17.4. The second-order valence-corrected chi connectivity index (χ2v) is 7.74. The van der Waals surface area contributed by atoms with Gasteiger partial charge in [-0.3, -0.25) is 9.59 Å². The van der Waals surface area contributed by atoms with Gasteiger partial charge in [0.15, 0.2) is 0 Å². The molecule has 2 aromatic rings. The molecule has 2 aromatic heterocycles. The van der Waals surface area contributed by atoms with E-state index in [0.29, 0.717) is 15.6 Å². The van der Waals surface area contributed by atoms with Crippen molar-refractivity contribution >= 4 is 34.7 Å². The van der Waals surface area contributed by atoms with Gasteiger partial charge in [-0.2, -0.15) is 0 Å². The van der Waals surface area contributed by atoms with E-state index >= 15 is 0 Å². The SMILES string of the molecule is Cc1cc2n(c1C(=O)c1cc(Cl)cs1)CCCC2C(=O)OC(C)C. The molecule has 1 unspecified atom stereocenters. The number of hydrogen-bond acceptors (Lipinski definition) is 4. The molecule has 128 valence electrons. The van der Waals surface area contributed by atoms with E-state index in [1.54, 1.807) is 11.4 Å². The second-order valence-electron chi connectivity index (χ2n) is 6.39. The summed E-state index contributed by atoms with van der Waals surface area (Å²) in [6.07, 6.45) is 1.47. The van der Waals surface area contributed by atoms with Crippen molar-refractivity contribution in [1.82, 2.24) is 4.57 Å². The molecule has 1 aliphatic rings. The summed E-state index contributed by atoms with van der Waals surface area (Å²) in [5.74, 6) is -0.538. The van der Waals surface area contributed by atoms with Crippen molar-refractivity contribution in [1.29, 1.82) is 0 Å². The van der Waals surface area contributed by atoms with Crippen LogP contribution in [0.2, 0.25) is 5.02 Å². The number of halogens is 1. The topological polar surface area (TPSA) is 48.3 Å². The highest BCUT2D eigenvalue weighted by atomic mass is 35.5. The monoisotopic (exact) mass is 365 g/mol. The Kier molecular flexibility index (Phi) is 4.83. The maximum absolute atomic E-state index is 12.9. The molecule has 0 radical (unpaired) electrons. The largest absolute Gasteiger partial charge is 0.462 e. The average molecular weight is 366 g/mol. The first-order valence-electron chi connectivity index (χ1n) is 8.07. The number of ketones is 1. The number of nitrogens with zero attached hydrogens (tertiary/aromatic N) is 1. The zero-order valence-electron chi connectivity index (χ0n) is 14.0. The molecule has 3 rings (SSSR count). The third kappa shape index (κ3) is 3.15. The quantitative estimate of drug-likeness (QED) is 0.589. The normalized spacial score (nSPS) is 17.0. The van der Waals surface area contributed by atoms with Crippen LogP contribution in [0.4, 0.5) is 0 Å². The number of esters is 1. The summed E-state index contributed by atoms with van der Waals surface area (Å²) in [4.78, 5) is 25.9. The minimum absolute atomic E-state index is 0.0338. The standard InChI is InChI=1S/C18H20ClNO3S/c1-10(2)23-18(22)13-5-4-6-20-14(13)7-11(3)16(20)17(21)15-8-12(19)9-24-15/h7-10,13H,4-6H2,1-3H3. The van der Waals surface area contributed by atoms with Gasteiger partial charge in [0.1, 0.15) is 0 Å². The first-order chi connectivity index (χ1) is 11.4. The van der Waals surface area contributed by atoms with E-state index < -0.39 is 0 Å². The minimum Gasteiger partial charge on any atom is -0.462 e. The van der Waals surface area contributed by atoms with Gasteiger partial charge in [0.05, 0.1) is 27.6 Å². The number of thiophene rings is 1. The highest BCUT2D eigenvalue weighted by Gasteiger charge is 2.33. The molecule has 0 aliphatic carbocycles. The lowest BCUT2D eigenvalue weighted by Gasteiger charge is -2.25. The first kappa shape index (κ1) is 17.2. The number of carbonyl (C=O) groups is 2. The van der Waals surface area contributed by atoms with E-state index in [1.165, 1.54) is 11.3 Å². The summed E-state index contributed by atoms with van der Waals surface area (Å²) in [6.45, 7) is 6.36. The van der Waals surface area contributed by atoms with Crippen molar-refractivity contribution in [2.75, 3.05) is 0 Å². The lowest BCUT2D eigenvalue weighted by Crippen LogP contribution is -2.27. The predicted molar refractivity (Wildman–Crippen MR) is 95.1 cm³/mol. The van der Waals surface area contributed by atoms with Crippen molar-refractivity contribution in [2.24, 2.45) is 0 Å². The van der Waals surface area contributed by atoms with E-state index in [9.17, 15) is 9.59 Å². The van der Waals surface area contributed by atoms with Gasteiger partial charge < -0.3 is 9.30 Å². The fraction of sp³-hybridized carbons (Fsp3) is 0.444. The molecule has 0 aromatic carbocycles. The predicted octanol–water partition coefficient (Wildman–Crippen LogP) is 4.57. The molecule has 3 heterocycles. The van der Waals surface area contributed by atoms with Crippen LogP contribution in [0.1, 0.15) is 59.2 Å². The van der Waals surface area contributed by atoms with Crippen LogP contribution < -0.4 is 0 Å². The molecular formula is C18H20ClNO3S. The van der Waals surface area contributed by atoms with Gasteiger partial charge in [-0.15, -0.1) is 11.3 Å². The van der Waals surface area contributed by atoms with Crippen LogP contribution in [0.3, 0.4) is 0 Å². The van der Waals surface area contributed by atoms with E-state index in [1.807, 2.05) is 31.4 Å². The number of rotatable bonds is 4. The maximum Gasteiger partial charge on any atom is 0.315 e. The van der Waals surface area contributed by atoms with Gasteiger partial charge in [-0.25, -0.2) is 0 Å². The second kappa shape index (κ2) is 6.73. The molecule has 24 heavy (non-hydrogen) atoms. The van der Waals surface area contributed by atoms with Gasteiger partial charge in [0.25, 0.3) is 0 Å². The minimum atomic E-state index is -0.298. The summed E-state index contributed by atoms with van der Waals surface area (Å²) in [6, 6.07) is 3.65. The van der Waals surface area contributed by atoms with Crippen LogP contribution in [-0.4, -0.2) is 22.4 Å². The molecule has 0 spiro atoms. The molecule has 1 atom stereocenters. The van der Waals surface area contributed by atoms with Crippen molar-refractivity contribution in [3.05, 3.63) is 44.4 Å². The fourth-order valence-corrected chi connectivity index (χ4v) is 4.26. The van der Waals surface area contributed by atoms with Crippen LogP contribution in [0.5, 0.6) is 0 Å². The molecule has 6 heteroatoms. The Hall–Kier alpha value is -1.59. The van der Waals surface area contributed by atoms with Crippen LogP contribution >= 0.6 is 22.9 Å². The van der Waals surface area contributed by atoms with Gasteiger partial charge >= 0.3 is 5.97 Å². The number of carbonyl (C=O) groups excluding carboxylic acids is 2.